The fourth-order valence-corrected chi connectivity index (χ4v) is 3.89. The second-order valence-electron chi connectivity index (χ2n) is 8.78. The van der Waals surface area contributed by atoms with Gasteiger partial charge in [0, 0.05) is 24.6 Å². The average molecular weight is 440 g/mol. The zero-order valence-corrected chi connectivity index (χ0v) is 20.1. The van der Waals surface area contributed by atoms with Crippen LogP contribution in [0.4, 0.5) is 0 Å². The number of carbonyl (C=O) groups is 1. The predicted molar refractivity (Wildman–Crippen MR) is 132 cm³/mol. The number of rotatable bonds is 12. The summed E-state index contributed by atoms with van der Waals surface area (Å²) < 4.78 is 5.31. The number of aliphatic hydroxyl groups excluding tert-OH is 1. The summed E-state index contributed by atoms with van der Waals surface area (Å²) in [4.78, 5) is 14.2. The minimum atomic E-state index is -0.432. The Hall–Kier alpha value is -2.17. The number of aryl methyl sites for hydroxylation is 1. The van der Waals surface area contributed by atoms with Gasteiger partial charge in [-0.15, -0.1) is 0 Å². The van der Waals surface area contributed by atoms with Crippen molar-refractivity contribution in [2.45, 2.75) is 65.4 Å². The molecule has 2 atom stereocenters. The van der Waals surface area contributed by atoms with Crippen molar-refractivity contribution in [1.29, 1.82) is 0 Å². The highest BCUT2D eigenvalue weighted by Crippen LogP contribution is 2.16. The number of unbranched alkanes of at least 4 members (excludes halogenated alkanes) is 3. The van der Waals surface area contributed by atoms with Crippen molar-refractivity contribution in [3.05, 3.63) is 71.3 Å². The maximum Gasteiger partial charge on any atom is 0.249 e. The highest BCUT2D eigenvalue weighted by Gasteiger charge is 2.17. The number of carbonyl (C=O) groups excluding carboxylic acids is 1. The summed E-state index contributed by atoms with van der Waals surface area (Å²) in [7, 11) is 0. The summed E-state index contributed by atoms with van der Waals surface area (Å²) in [6, 6.07) is 10.5. The molecule has 4 nitrogen and oxygen atoms in total. The minimum Gasteiger partial charge on any atom is -0.388 e. The Morgan fingerprint density at radius 3 is 2.47 bits per heavy atom. The van der Waals surface area contributed by atoms with Gasteiger partial charge in [-0.05, 0) is 63.5 Å². The van der Waals surface area contributed by atoms with E-state index in [9.17, 15) is 9.90 Å². The molecule has 0 unspecified atom stereocenters. The van der Waals surface area contributed by atoms with Gasteiger partial charge in [-0.3, -0.25) is 4.79 Å². The molecule has 1 saturated heterocycles. The molecule has 0 aliphatic carbocycles. The number of hydrogen-bond donors (Lipinski definition) is 1. The first-order chi connectivity index (χ1) is 15.5. The molecule has 1 fully saturated rings. The van der Waals surface area contributed by atoms with E-state index < -0.39 is 6.10 Å². The van der Waals surface area contributed by atoms with Crippen LogP contribution in [0.5, 0.6) is 0 Å². The molecule has 176 valence electrons. The molecule has 1 aromatic carbocycles. The van der Waals surface area contributed by atoms with Crippen LogP contribution < -0.4 is 0 Å². The van der Waals surface area contributed by atoms with Crippen molar-refractivity contribution in [1.82, 2.24) is 4.90 Å². The number of ether oxygens (including phenoxy) is 1. The highest BCUT2D eigenvalue weighted by atomic mass is 16.5. The first-order valence-corrected chi connectivity index (χ1v) is 12.1. The Labute approximate surface area is 194 Å². The molecule has 0 bridgehead atoms. The third kappa shape index (κ3) is 9.54. The van der Waals surface area contributed by atoms with Gasteiger partial charge in [0.15, 0.2) is 0 Å². The van der Waals surface area contributed by atoms with Crippen LogP contribution in [-0.2, 0) is 16.0 Å². The summed E-state index contributed by atoms with van der Waals surface area (Å²) in [6.07, 6.45) is 14.1. The molecule has 2 rings (SSSR count). The Kier molecular flexibility index (Phi) is 12.1. The maximum atomic E-state index is 12.4. The second kappa shape index (κ2) is 14.8. The fourth-order valence-electron chi connectivity index (χ4n) is 3.89. The number of hydrogen-bond acceptors (Lipinski definition) is 3. The van der Waals surface area contributed by atoms with Crippen LogP contribution in [-0.4, -0.2) is 48.3 Å². The third-order valence-corrected chi connectivity index (χ3v) is 6.06. The lowest BCUT2D eigenvalue weighted by Gasteiger charge is -2.27. The van der Waals surface area contributed by atoms with Crippen LogP contribution in [0.25, 0.3) is 0 Å². The second-order valence-corrected chi connectivity index (χ2v) is 8.78. The van der Waals surface area contributed by atoms with E-state index in [2.05, 4.69) is 55.5 Å². The van der Waals surface area contributed by atoms with Crippen LogP contribution in [0.1, 0.15) is 58.4 Å². The smallest absolute Gasteiger partial charge is 0.249 e. The SMILES string of the molecule is C/C(=C\CCCC/C=C/[C@@H](C)[C@@H](O)/C(C)=C/CCc1ccccc1)C(=O)N1CCOCC1. The molecule has 4 heteroatoms. The highest BCUT2D eigenvalue weighted by molar-refractivity contribution is 5.92. The lowest BCUT2D eigenvalue weighted by atomic mass is 9.96. The molecule has 1 aliphatic heterocycles. The third-order valence-electron chi connectivity index (χ3n) is 6.06. The molecule has 0 aromatic heterocycles. The van der Waals surface area contributed by atoms with Crippen LogP contribution in [0.3, 0.4) is 0 Å². The molecule has 1 aromatic rings. The zero-order valence-electron chi connectivity index (χ0n) is 20.1. The van der Waals surface area contributed by atoms with Gasteiger partial charge in [-0.2, -0.15) is 0 Å². The predicted octanol–water partition coefficient (Wildman–Crippen LogP) is 5.48. The van der Waals surface area contributed by atoms with Gasteiger partial charge in [0.25, 0.3) is 0 Å². The fraction of sp³-hybridized carbons (Fsp3) is 0.536. The zero-order chi connectivity index (χ0) is 23.2. The van der Waals surface area contributed by atoms with Crippen LogP contribution in [0, 0.1) is 5.92 Å². The monoisotopic (exact) mass is 439 g/mol. The van der Waals surface area contributed by atoms with Crippen molar-refractivity contribution in [2.75, 3.05) is 26.3 Å². The van der Waals surface area contributed by atoms with Gasteiger partial charge in [0.1, 0.15) is 0 Å². The number of aliphatic hydroxyl groups is 1. The van der Waals surface area contributed by atoms with Crippen LogP contribution in [0.2, 0.25) is 0 Å². The molecule has 0 saturated carbocycles. The van der Waals surface area contributed by atoms with Crippen molar-refractivity contribution in [3.8, 4) is 0 Å². The van der Waals surface area contributed by atoms with Gasteiger partial charge in [-0.1, -0.05) is 61.6 Å². The molecule has 0 radical (unpaired) electrons. The number of amides is 1. The number of benzene rings is 1. The van der Waals surface area contributed by atoms with Crippen molar-refractivity contribution in [3.63, 3.8) is 0 Å². The van der Waals surface area contributed by atoms with Gasteiger partial charge in [-0.25, -0.2) is 0 Å². The Balaban J connectivity index is 1.62. The van der Waals surface area contributed by atoms with Gasteiger partial charge < -0.3 is 14.7 Å². The van der Waals surface area contributed by atoms with Crippen molar-refractivity contribution < 1.29 is 14.6 Å². The quantitative estimate of drug-likeness (QED) is 0.266. The van der Waals surface area contributed by atoms with E-state index in [0.29, 0.717) is 26.3 Å². The molecule has 1 N–H and O–H groups in total. The van der Waals surface area contributed by atoms with E-state index in [-0.39, 0.29) is 11.8 Å². The van der Waals surface area contributed by atoms with Crippen LogP contribution >= 0.6 is 0 Å². The summed E-state index contributed by atoms with van der Waals surface area (Å²) in [5, 5.41) is 10.6. The van der Waals surface area contributed by atoms with E-state index in [4.69, 9.17) is 4.74 Å². The molecule has 1 amide bonds. The lowest BCUT2D eigenvalue weighted by Crippen LogP contribution is -2.41. The summed E-state index contributed by atoms with van der Waals surface area (Å²) in [5.74, 6) is 0.250. The summed E-state index contributed by atoms with van der Waals surface area (Å²) in [5.41, 5.74) is 3.21. The van der Waals surface area contributed by atoms with E-state index >= 15 is 0 Å². The van der Waals surface area contributed by atoms with Gasteiger partial charge in [0.05, 0.1) is 19.3 Å². The van der Waals surface area contributed by atoms with Crippen molar-refractivity contribution >= 4 is 5.91 Å². The number of nitrogens with zero attached hydrogens (tertiary/aromatic N) is 1. The molecule has 0 spiro atoms. The first kappa shape index (κ1) is 26.1. The van der Waals surface area contributed by atoms with E-state index in [0.717, 1.165) is 49.7 Å². The molecule has 1 heterocycles. The van der Waals surface area contributed by atoms with E-state index in [1.807, 2.05) is 24.8 Å². The molecular formula is C28H41NO3. The lowest BCUT2D eigenvalue weighted by molar-refractivity contribution is -0.131. The topological polar surface area (TPSA) is 49.8 Å². The minimum absolute atomic E-state index is 0.108. The number of morpholine rings is 1. The maximum absolute atomic E-state index is 12.4. The van der Waals surface area contributed by atoms with Crippen LogP contribution in [0.15, 0.2) is 65.8 Å². The normalized spacial score (nSPS) is 17.6. The average Bonchev–Trinajstić information content (AvgIpc) is 2.83. The Morgan fingerprint density at radius 2 is 1.75 bits per heavy atom. The largest absolute Gasteiger partial charge is 0.388 e. The molecule has 32 heavy (non-hydrogen) atoms. The molecule has 1 aliphatic rings. The Bertz CT molecular complexity index is 760. The Morgan fingerprint density at radius 1 is 1.06 bits per heavy atom. The summed E-state index contributed by atoms with van der Waals surface area (Å²) in [6.45, 7) is 8.67. The van der Waals surface area contributed by atoms with E-state index in [1.54, 1.807) is 0 Å². The van der Waals surface area contributed by atoms with Gasteiger partial charge >= 0.3 is 0 Å². The first-order valence-electron chi connectivity index (χ1n) is 12.1. The van der Waals surface area contributed by atoms with Crippen molar-refractivity contribution in [2.24, 2.45) is 5.92 Å². The van der Waals surface area contributed by atoms with E-state index in [1.165, 1.54) is 5.56 Å². The van der Waals surface area contributed by atoms with Gasteiger partial charge in [0.2, 0.25) is 5.91 Å². The number of allylic oxidation sites excluding steroid dienone is 3. The molecular weight excluding hydrogens is 398 g/mol. The standard InChI is InChI=1S/C28H41NO3/c1-23(27(30)24(2)15-12-18-26-16-10-7-11-17-26)13-8-5-4-6-9-14-25(3)28(31)29-19-21-32-22-20-29/h7-8,10-11,13-17,23,27,30H,4-6,9,12,18-22H2,1-3H3/b13-8+,24-15+,25-14+/t23-,27-/m1/s1. The summed E-state index contributed by atoms with van der Waals surface area (Å²) >= 11 is 0.